The number of hydrogen-bond donors (Lipinski definition) is 1. The van der Waals surface area contributed by atoms with E-state index >= 15 is 0 Å². The third-order valence-electron chi connectivity index (χ3n) is 5.70. The highest BCUT2D eigenvalue weighted by Crippen LogP contribution is 2.31. The van der Waals surface area contributed by atoms with Crippen molar-refractivity contribution < 1.29 is 0 Å². The molecule has 0 bridgehead atoms. The van der Waals surface area contributed by atoms with Gasteiger partial charge in [0, 0.05) is 65.5 Å². The highest BCUT2D eigenvalue weighted by molar-refractivity contribution is 6.36. The molecular formula is C23H19Cl2N3O. The van der Waals surface area contributed by atoms with Crippen molar-refractivity contribution in [2.75, 3.05) is 6.54 Å². The summed E-state index contributed by atoms with van der Waals surface area (Å²) in [5.74, 6) is 0. The van der Waals surface area contributed by atoms with Gasteiger partial charge in [-0.15, -0.1) is 0 Å². The molecule has 3 heterocycles. The highest BCUT2D eigenvalue weighted by atomic mass is 35.5. The molecule has 146 valence electrons. The Hall–Kier alpha value is -2.53. The fraction of sp³-hybridized carbons (Fsp3) is 0.174. The third kappa shape index (κ3) is 3.08. The SMILES string of the molecule is Cn1c2c(c3ccc(-n4ccc(-c5ccc(Cl)cc5Cl)cc4=O)cc31)CNCC2. The first kappa shape index (κ1) is 18.5. The molecule has 1 aliphatic heterocycles. The Kier molecular flexibility index (Phi) is 4.50. The van der Waals surface area contributed by atoms with E-state index in [-0.39, 0.29) is 5.56 Å². The zero-order chi connectivity index (χ0) is 20.1. The molecule has 0 spiro atoms. The second-order valence-corrected chi connectivity index (χ2v) is 8.20. The number of aryl methyl sites for hydroxylation is 1. The van der Waals surface area contributed by atoms with Gasteiger partial charge in [-0.05, 0) is 41.5 Å². The van der Waals surface area contributed by atoms with Crippen LogP contribution in [-0.2, 0) is 20.0 Å². The van der Waals surface area contributed by atoms with Crippen LogP contribution in [0.15, 0.2) is 59.5 Å². The maximum Gasteiger partial charge on any atom is 0.255 e. The molecule has 0 atom stereocenters. The summed E-state index contributed by atoms with van der Waals surface area (Å²) in [6.45, 7) is 1.89. The van der Waals surface area contributed by atoms with Crippen molar-refractivity contribution in [1.82, 2.24) is 14.5 Å². The number of halogens is 2. The molecule has 1 aliphatic rings. The number of fused-ring (bicyclic) bond motifs is 3. The quantitative estimate of drug-likeness (QED) is 0.495. The molecule has 5 rings (SSSR count). The van der Waals surface area contributed by atoms with Gasteiger partial charge < -0.3 is 9.88 Å². The second kappa shape index (κ2) is 7.06. The number of rotatable bonds is 2. The second-order valence-electron chi connectivity index (χ2n) is 7.36. The summed E-state index contributed by atoms with van der Waals surface area (Å²) in [5, 5.41) is 5.79. The Morgan fingerprint density at radius 2 is 1.90 bits per heavy atom. The first-order chi connectivity index (χ1) is 14.0. The van der Waals surface area contributed by atoms with Gasteiger partial charge in [-0.2, -0.15) is 0 Å². The van der Waals surface area contributed by atoms with Crippen LogP contribution in [0.1, 0.15) is 11.3 Å². The molecule has 0 aliphatic carbocycles. The van der Waals surface area contributed by atoms with Crippen LogP contribution < -0.4 is 10.9 Å². The van der Waals surface area contributed by atoms with E-state index in [0.29, 0.717) is 10.0 Å². The summed E-state index contributed by atoms with van der Waals surface area (Å²) in [6, 6.07) is 15.0. The molecule has 0 saturated heterocycles. The van der Waals surface area contributed by atoms with Crippen molar-refractivity contribution in [2.45, 2.75) is 13.0 Å². The van der Waals surface area contributed by atoms with E-state index in [1.165, 1.54) is 16.6 Å². The molecule has 2 aromatic heterocycles. The zero-order valence-corrected chi connectivity index (χ0v) is 17.4. The molecule has 29 heavy (non-hydrogen) atoms. The first-order valence-electron chi connectivity index (χ1n) is 9.52. The van der Waals surface area contributed by atoms with Crippen LogP contribution in [0.25, 0.3) is 27.7 Å². The minimum atomic E-state index is -0.103. The summed E-state index contributed by atoms with van der Waals surface area (Å²) in [4.78, 5) is 12.9. The minimum Gasteiger partial charge on any atom is -0.347 e. The van der Waals surface area contributed by atoms with Gasteiger partial charge in [-0.3, -0.25) is 9.36 Å². The van der Waals surface area contributed by atoms with Crippen molar-refractivity contribution in [3.8, 4) is 16.8 Å². The fourth-order valence-electron chi connectivity index (χ4n) is 4.23. The number of aromatic nitrogens is 2. The number of hydrogen-bond acceptors (Lipinski definition) is 2. The van der Waals surface area contributed by atoms with E-state index in [2.05, 4.69) is 29.1 Å². The maximum atomic E-state index is 12.9. The summed E-state index contributed by atoms with van der Waals surface area (Å²) >= 11 is 12.3. The number of pyridine rings is 1. The van der Waals surface area contributed by atoms with Gasteiger partial charge in [0.25, 0.3) is 5.56 Å². The van der Waals surface area contributed by atoms with E-state index in [9.17, 15) is 4.79 Å². The summed E-state index contributed by atoms with van der Waals surface area (Å²) in [5.41, 5.74) is 6.19. The third-order valence-corrected chi connectivity index (χ3v) is 6.25. The van der Waals surface area contributed by atoms with Crippen LogP contribution in [-0.4, -0.2) is 15.7 Å². The Labute approximate surface area is 178 Å². The lowest BCUT2D eigenvalue weighted by atomic mass is 10.1. The van der Waals surface area contributed by atoms with Crippen LogP contribution in [0, 0.1) is 0 Å². The van der Waals surface area contributed by atoms with Gasteiger partial charge in [-0.1, -0.05) is 35.3 Å². The number of nitrogens with zero attached hydrogens (tertiary/aromatic N) is 2. The van der Waals surface area contributed by atoms with Crippen LogP contribution in [0.3, 0.4) is 0 Å². The number of nitrogens with one attached hydrogen (secondary N) is 1. The van der Waals surface area contributed by atoms with Crippen molar-refractivity contribution in [2.24, 2.45) is 7.05 Å². The van der Waals surface area contributed by atoms with Crippen molar-refractivity contribution in [3.63, 3.8) is 0 Å². The molecular weight excluding hydrogens is 405 g/mol. The maximum absolute atomic E-state index is 12.9. The molecule has 6 heteroatoms. The summed E-state index contributed by atoms with van der Waals surface area (Å²) in [7, 11) is 2.10. The molecule has 0 unspecified atom stereocenters. The normalized spacial score (nSPS) is 13.6. The molecule has 4 nitrogen and oxygen atoms in total. The van der Waals surface area contributed by atoms with E-state index in [4.69, 9.17) is 23.2 Å². The molecule has 0 radical (unpaired) electrons. The smallest absolute Gasteiger partial charge is 0.255 e. The van der Waals surface area contributed by atoms with E-state index in [1.54, 1.807) is 29.0 Å². The Bertz CT molecular complexity index is 1320. The molecule has 0 saturated carbocycles. The molecule has 0 amide bonds. The van der Waals surface area contributed by atoms with Crippen LogP contribution >= 0.6 is 23.2 Å². The molecule has 1 N–H and O–H groups in total. The highest BCUT2D eigenvalue weighted by Gasteiger charge is 2.18. The van der Waals surface area contributed by atoms with Crippen molar-refractivity contribution in [1.29, 1.82) is 0 Å². The molecule has 4 aromatic rings. The van der Waals surface area contributed by atoms with E-state index in [0.717, 1.165) is 41.8 Å². The lowest BCUT2D eigenvalue weighted by Gasteiger charge is -2.14. The average molecular weight is 424 g/mol. The molecule has 2 aromatic carbocycles. The van der Waals surface area contributed by atoms with Gasteiger partial charge in [0.05, 0.1) is 11.2 Å². The van der Waals surface area contributed by atoms with Crippen molar-refractivity contribution >= 4 is 34.1 Å². The molecule has 0 fully saturated rings. The largest absolute Gasteiger partial charge is 0.347 e. The summed E-state index contributed by atoms with van der Waals surface area (Å²) < 4.78 is 3.92. The van der Waals surface area contributed by atoms with Gasteiger partial charge in [0.1, 0.15) is 0 Å². The predicted molar refractivity (Wildman–Crippen MR) is 119 cm³/mol. The minimum absolute atomic E-state index is 0.103. The van der Waals surface area contributed by atoms with Crippen LogP contribution in [0.4, 0.5) is 0 Å². The van der Waals surface area contributed by atoms with Crippen LogP contribution in [0.5, 0.6) is 0 Å². The van der Waals surface area contributed by atoms with Gasteiger partial charge >= 0.3 is 0 Å². The Balaban J connectivity index is 1.60. The lowest BCUT2D eigenvalue weighted by Crippen LogP contribution is -2.24. The lowest BCUT2D eigenvalue weighted by molar-refractivity contribution is 0.622. The topological polar surface area (TPSA) is 39.0 Å². The monoisotopic (exact) mass is 423 g/mol. The average Bonchev–Trinajstić information content (AvgIpc) is 3.00. The van der Waals surface area contributed by atoms with Gasteiger partial charge in [-0.25, -0.2) is 0 Å². The van der Waals surface area contributed by atoms with Gasteiger partial charge in [0.15, 0.2) is 0 Å². The van der Waals surface area contributed by atoms with Gasteiger partial charge in [0.2, 0.25) is 0 Å². The number of benzene rings is 2. The summed E-state index contributed by atoms with van der Waals surface area (Å²) in [6.07, 6.45) is 2.82. The standard InChI is InChI=1S/C23H19Cl2N3O/c1-27-21-6-8-26-13-19(21)18-5-3-16(12-22(18)27)28-9-7-14(10-23(28)29)17-4-2-15(24)11-20(17)25/h2-5,7,9-12,26H,6,8,13H2,1H3. The van der Waals surface area contributed by atoms with Crippen LogP contribution in [0.2, 0.25) is 10.0 Å². The van der Waals surface area contributed by atoms with Crippen molar-refractivity contribution in [3.05, 3.63) is 86.4 Å². The predicted octanol–water partition coefficient (Wildman–Crippen LogP) is 4.95. The van der Waals surface area contributed by atoms with E-state index < -0.39 is 0 Å². The fourth-order valence-corrected chi connectivity index (χ4v) is 4.74. The van der Waals surface area contributed by atoms with E-state index in [1.807, 2.05) is 18.2 Å². The first-order valence-corrected chi connectivity index (χ1v) is 10.3. The Morgan fingerprint density at radius 3 is 2.69 bits per heavy atom. The Morgan fingerprint density at radius 1 is 1.03 bits per heavy atom. The zero-order valence-electron chi connectivity index (χ0n) is 15.9.